The lowest BCUT2D eigenvalue weighted by Gasteiger charge is -2.20. The Bertz CT molecular complexity index is 599. The normalized spacial score (nSPS) is 19.0. The highest BCUT2D eigenvalue weighted by molar-refractivity contribution is 5.94. The van der Waals surface area contributed by atoms with Crippen LogP contribution in [0, 0.1) is 11.8 Å². The molecule has 25 heavy (non-hydrogen) atoms. The van der Waals surface area contributed by atoms with E-state index >= 15 is 0 Å². The molecule has 0 N–H and O–H groups in total. The van der Waals surface area contributed by atoms with Crippen LogP contribution in [0.1, 0.15) is 53.2 Å². The molecule has 1 saturated heterocycles. The van der Waals surface area contributed by atoms with E-state index < -0.39 is 12.2 Å². The SMILES string of the molecule is CCCC(C)CN1CC(OC(C)=O)N(c2cc(CC(C)C)on2)C1=O. The molecule has 140 valence electrons. The molecule has 0 aromatic carbocycles. The molecule has 2 rings (SSSR count). The molecule has 0 bridgehead atoms. The van der Waals surface area contributed by atoms with Crippen LogP contribution >= 0.6 is 0 Å². The van der Waals surface area contributed by atoms with Crippen LogP contribution in [0.15, 0.2) is 10.6 Å². The second-order valence-electron chi connectivity index (χ2n) is 7.26. The lowest BCUT2D eigenvalue weighted by Crippen LogP contribution is -2.38. The van der Waals surface area contributed by atoms with E-state index in [2.05, 4.69) is 32.9 Å². The quantitative estimate of drug-likeness (QED) is 0.671. The van der Waals surface area contributed by atoms with Crippen molar-refractivity contribution in [1.82, 2.24) is 10.1 Å². The molecule has 1 aromatic heterocycles. The Hall–Kier alpha value is -2.05. The van der Waals surface area contributed by atoms with Gasteiger partial charge in [-0.25, -0.2) is 9.69 Å². The highest BCUT2D eigenvalue weighted by Crippen LogP contribution is 2.27. The molecule has 2 heterocycles. The van der Waals surface area contributed by atoms with Gasteiger partial charge in [-0.05, 0) is 18.3 Å². The number of rotatable bonds is 8. The highest BCUT2D eigenvalue weighted by atomic mass is 16.6. The average Bonchev–Trinajstić information content (AvgIpc) is 3.03. The van der Waals surface area contributed by atoms with Crippen molar-refractivity contribution in [2.24, 2.45) is 11.8 Å². The van der Waals surface area contributed by atoms with Gasteiger partial charge in [-0.3, -0.25) is 4.79 Å². The van der Waals surface area contributed by atoms with E-state index in [1.54, 1.807) is 11.0 Å². The molecule has 1 fully saturated rings. The molecule has 7 nitrogen and oxygen atoms in total. The second-order valence-corrected chi connectivity index (χ2v) is 7.26. The Morgan fingerprint density at radius 2 is 2.16 bits per heavy atom. The molecule has 2 atom stereocenters. The van der Waals surface area contributed by atoms with Crippen LogP contribution in [-0.2, 0) is 16.0 Å². The molecule has 7 heteroatoms. The van der Waals surface area contributed by atoms with Gasteiger partial charge in [0.25, 0.3) is 0 Å². The number of carbonyl (C=O) groups is 2. The van der Waals surface area contributed by atoms with Crippen LogP contribution in [0.4, 0.5) is 10.6 Å². The number of urea groups is 1. The summed E-state index contributed by atoms with van der Waals surface area (Å²) in [5.41, 5.74) is 0. The maximum Gasteiger partial charge on any atom is 0.329 e. The molecule has 2 amide bonds. The summed E-state index contributed by atoms with van der Waals surface area (Å²) in [6.45, 7) is 10.7. The molecule has 1 aliphatic rings. The summed E-state index contributed by atoms with van der Waals surface area (Å²) in [5, 5.41) is 4.02. The van der Waals surface area contributed by atoms with Crippen LogP contribution in [0.3, 0.4) is 0 Å². The van der Waals surface area contributed by atoms with E-state index in [0.717, 1.165) is 25.0 Å². The zero-order valence-corrected chi connectivity index (χ0v) is 15.8. The molecule has 1 aliphatic heterocycles. The summed E-state index contributed by atoms with van der Waals surface area (Å²) in [7, 11) is 0. The summed E-state index contributed by atoms with van der Waals surface area (Å²) in [4.78, 5) is 27.4. The number of amides is 2. The molecule has 0 aliphatic carbocycles. The standard InChI is InChI=1S/C18H29N3O4/c1-6-7-13(4)10-20-11-17(24-14(5)22)21(18(20)23)16-9-15(25-19-16)8-12(2)3/h9,12-13,17H,6-8,10-11H2,1-5H3. The maximum atomic E-state index is 12.8. The van der Waals surface area contributed by atoms with Crippen LogP contribution in [0.5, 0.6) is 0 Å². The van der Waals surface area contributed by atoms with Crippen LogP contribution in [0.2, 0.25) is 0 Å². The van der Waals surface area contributed by atoms with Gasteiger partial charge in [0.2, 0.25) is 6.23 Å². The Labute approximate surface area is 149 Å². The smallest absolute Gasteiger partial charge is 0.329 e. The van der Waals surface area contributed by atoms with Gasteiger partial charge in [0, 0.05) is 26.0 Å². The molecular formula is C18H29N3O4. The van der Waals surface area contributed by atoms with E-state index in [4.69, 9.17) is 9.26 Å². The fourth-order valence-corrected chi connectivity index (χ4v) is 3.18. The largest absolute Gasteiger partial charge is 0.439 e. The zero-order chi connectivity index (χ0) is 18.6. The lowest BCUT2D eigenvalue weighted by molar-refractivity contribution is -0.145. The minimum atomic E-state index is -0.671. The average molecular weight is 351 g/mol. The van der Waals surface area contributed by atoms with Gasteiger partial charge in [0.15, 0.2) is 5.82 Å². The van der Waals surface area contributed by atoms with Gasteiger partial charge in [0.1, 0.15) is 5.76 Å². The molecule has 1 aromatic rings. The lowest BCUT2D eigenvalue weighted by atomic mass is 10.1. The number of carbonyl (C=O) groups excluding carboxylic acids is 2. The summed E-state index contributed by atoms with van der Waals surface area (Å²) in [6.07, 6.45) is 2.19. The van der Waals surface area contributed by atoms with Crippen LogP contribution < -0.4 is 4.90 Å². The number of hydrogen-bond donors (Lipinski definition) is 0. The first-order chi connectivity index (χ1) is 11.8. The molecule has 2 unspecified atom stereocenters. The van der Waals surface area contributed by atoms with Crippen molar-refractivity contribution in [2.45, 2.75) is 60.1 Å². The van der Waals surface area contributed by atoms with Crippen molar-refractivity contribution in [1.29, 1.82) is 0 Å². The number of ether oxygens (including phenoxy) is 1. The monoisotopic (exact) mass is 351 g/mol. The first-order valence-electron chi connectivity index (χ1n) is 9.02. The number of aromatic nitrogens is 1. The minimum Gasteiger partial charge on any atom is -0.439 e. The Morgan fingerprint density at radius 1 is 1.44 bits per heavy atom. The first kappa shape index (κ1) is 19.3. The third-order valence-electron chi connectivity index (χ3n) is 4.16. The Morgan fingerprint density at radius 3 is 2.76 bits per heavy atom. The van der Waals surface area contributed by atoms with Crippen molar-refractivity contribution in [3.05, 3.63) is 11.8 Å². The van der Waals surface area contributed by atoms with E-state index in [-0.39, 0.29) is 6.03 Å². The van der Waals surface area contributed by atoms with Crippen molar-refractivity contribution < 1.29 is 18.8 Å². The molecular weight excluding hydrogens is 322 g/mol. The van der Waals surface area contributed by atoms with Gasteiger partial charge in [0.05, 0.1) is 6.54 Å². The third-order valence-corrected chi connectivity index (χ3v) is 4.16. The van der Waals surface area contributed by atoms with E-state index in [9.17, 15) is 9.59 Å². The number of hydrogen-bond acceptors (Lipinski definition) is 5. The van der Waals surface area contributed by atoms with Crippen molar-refractivity contribution in [3.8, 4) is 0 Å². The summed E-state index contributed by atoms with van der Waals surface area (Å²) >= 11 is 0. The fourth-order valence-electron chi connectivity index (χ4n) is 3.18. The topological polar surface area (TPSA) is 75.9 Å². The van der Waals surface area contributed by atoms with Gasteiger partial charge >= 0.3 is 12.0 Å². The van der Waals surface area contributed by atoms with Gasteiger partial charge in [-0.2, -0.15) is 0 Å². The van der Waals surface area contributed by atoms with E-state index in [0.29, 0.717) is 30.7 Å². The number of anilines is 1. The Kier molecular flexibility index (Phi) is 6.45. The van der Waals surface area contributed by atoms with Crippen LogP contribution in [-0.4, -0.2) is 41.4 Å². The summed E-state index contributed by atoms with van der Waals surface area (Å²) < 4.78 is 10.7. The van der Waals surface area contributed by atoms with Crippen molar-refractivity contribution in [2.75, 3.05) is 18.0 Å². The summed E-state index contributed by atoms with van der Waals surface area (Å²) in [6, 6.07) is 1.56. The molecule has 0 saturated carbocycles. The minimum absolute atomic E-state index is 0.196. The van der Waals surface area contributed by atoms with Crippen molar-refractivity contribution >= 4 is 17.8 Å². The highest BCUT2D eigenvalue weighted by Gasteiger charge is 2.42. The van der Waals surface area contributed by atoms with Crippen LogP contribution in [0.25, 0.3) is 0 Å². The molecule has 0 spiro atoms. The zero-order valence-electron chi connectivity index (χ0n) is 15.8. The number of esters is 1. The third kappa shape index (κ3) is 4.96. The molecule has 0 radical (unpaired) electrons. The predicted octanol–water partition coefficient (Wildman–Crippen LogP) is 3.44. The number of nitrogens with zero attached hydrogens (tertiary/aromatic N) is 3. The summed E-state index contributed by atoms with van der Waals surface area (Å²) in [5.74, 6) is 1.51. The van der Waals surface area contributed by atoms with Gasteiger partial charge in [-0.1, -0.05) is 39.3 Å². The second kappa shape index (κ2) is 8.36. The van der Waals surface area contributed by atoms with Gasteiger partial charge in [-0.15, -0.1) is 0 Å². The first-order valence-corrected chi connectivity index (χ1v) is 9.02. The predicted molar refractivity (Wildman–Crippen MR) is 94.1 cm³/mol. The Balaban J connectivity index is 2.18. The maximum absolute atomic E-state index is 12.8. The van der Waals surface area contributed by atoms with E-state index in [1.165, 1.54) is 11.8 Å². The van der Waals surface area contributed by atoms with Crippen molar-refractivity contribution in [3.63, 3.8) is 0 Å². The van der Waals surface area contributed by atoms with E-state index in [1.807, 2.05) is 0 Å². The fraction of sp³-hybridized carbons (Fsp3) is 0.722. The van der Waals surface area contributed by atoms with Gasteiger partial charge < -0.3 is 14.2 Å².